The maximum atomic E-state index is 11.8. The van der Waals surface area contributed by atoms with Crippen LogP contribution in [0.2, 0.25) is 5.02 Å². The number of amides is 2. The summed E-state index contributed by atoms with van der Waals surface area (Å²) < 4.78 is 0. The molecule has 0 saturated carbocycles. The van der Waals surface area contributed by atoms with E-state index in [9.17, 15) is 9.59 Å². The second kappa shape index (κ2) is 4.85. The topological polar surface area (TPSA) is 89.4 Å². The fourth-order valence-corrected chi connectivity index (χ4v) is 1.42. The zero-order valence-electron chi connectivity index (χ0n) is 8.74. The number of rotatable bonds is 3. The number of primary amides is 1. The Bertz CT molecular complexity index is 434. The van der Waals surface area contributed by atoms with Crippen LogP contribution in [-0.4, -0.2) is 30.3 Å². The molecule has 5 nitrogen and oxygen atoms in total. The minimum Gasteiger partial charge on any atom is -0.398 e. The van der Waals surface area contributed by atoms with Gasteiger partial charge in [-0.2, -0.15) is 0 Å². The van der Waals surface area contributed by atoms with Crippen molar-refractivity contribution in [2.75, 3.05) is 19.3 Å². The Morgan fingerprint density at radius 3 is 2.56 bits per heavy atom. The number of likely N-dealkylation sites (N-methyl/N-ethyl adjacent to an activating group) is 1. The van der Waals surface area contributed by atoms with Gasteiger partial charge in [-0.1, -0.05) is 11.6 Å². The quantitative estimate of drug-likeness (QED) is 0.755. The molecule has 0 aliphatic carbocycles. The Labute approximate surface area is 98.0 Å². The second-order valence-corrected chi connectivity index (χ2v) is 3.80. The fourth-order valence-electron chi connectivity index (χ4n) is 1.24. The molecule has 1 rings (SSSR count). The van der Waals surface area contributed by atoms with Gasteiger partial charge in [0.1, 0.15) is 0 Å². The first kappa shape index (κ1) is 12.3. The van der Waals surface area contributed by atoms with Crippen LogP contribution in [-0.2, 0) is 4.79 Å². The highest BCUT2D eigenvalue weighted by atomic mass is 35.5. The zero-order valence-corrected chi connectivity index (χ0v) is 9.49. The molecule has 0 saturated heterocycles. The molecule has 4 N–H and O–H groups in total. The number of hydrogen-bond donors (Lipinski definition) is 2. The van der Waals surface area contributed by atoms with E-state index in [0.717, 1.165) is 0 Å². The first-order valence-electron chi connectivity index (χ1n) is 4.50. The molecule has 0 atom stereocenters. The number of carbonyl (C=O) groups is 2. The lowest BCUT2D eigenvalue weighted by molar-refractivity contribution is -0.118. The van der Waals surface area contributed by atoms with Crippen molar-refractivity contribution in [1.82, 2.24) is 4.90 Å². The highest BCUT2D eigenvalue weighted by Gasteiger charge is 2.15. The molecule has 86 valence electrons. The van der Waals surface area contributed by atoms with Crippen LogP contribution in [0, 0.1) is 0 Å². The van der Waals surface area contributed by atoms with Crippen molar-refractivity contribution >= 4 is 29.1 Å². The molecule has 0 bridgehead atoms. The maximum Gasteiger partial charge on any atom is 0.256 e. The third kappa shape index (κ3) is 2.87. The second-order valence-electron chi connectivity index (χ2n) is 3.36. The van der Waals surface area contributed by atoms with Crippen LogP contribution in [0.1, 0.15) is 10.4 Å². The first-order chi connectivity index (χ1) is 7.41. The molecule has 0 aliphatic rings. The molecule has 16 heavy (non-hydrogen) atoms. The fraction of sp³-hybridized carbons (Fsp3) is 0.200. The van der Waals surface area contributed by atoms with E-state index in [1.165, 1.54) is 24.1 Å². The molecule has 0 spiro atoms. The van der Waals surface area contributed by atoms with E-state index < -0.39 is 5.91 Å². The predicted octanol–water partition coefficient (Wildman–Crippen LogP) is 0.479. The van der Waals surface area contributed by atoms with Crippen LogP contribution < -0.4 is 11.5 Å². The summed E-state index contributed by atoms with van der Waals surface area (Å²) in [4.78, 5) is 23.7. The number of nitrogens with two attached hydrogens (primary N) is 2. The Hall–Kier alpha value is -1.75. The van der Waals surface area contributed by atoms with Crippen LogP contribution in [0.25, 0.3) is 0 Å². The number of nitrogens with zero attached hydrogens (tertiary/aromatic N) is 1. The molecule has 1 aromatic rings. The van der Waals surface area contributed by atoms with E-state index in [4.69, 9.17) is 23.1 Å². The largest absolute Gasteiger partial charge is 0.398 e. The molecule has 0 aliphatic heterocycles. The predicted molar refractivity (Wildman–Crippen MR) is 62.0 cm³/mol. The van der Waals surface area contributed by atoms with Crippen LogP contribution in [0.15, 0.2) is 18.2 Å². The van der Waals surface area contributed by atoms with Crippen LogP contribution in [0.3, 0.4) is 0 Å². The first-order valence-corrected chi connectivity index (χ1v) is 4.88. The highest BCUT2D eigenvalue weighted by molar-refractivity contribution is 6.31. The van der Waals surface area contributed by atoms with E-state index in [2.05, 4.69) is 0 Å². The molecule has 1 aromatic carbocycles. The minimum atomic E-state index is -0.580. The van der Waals surface area contributed by atoms with E-state index in [1.807, 2.05) is 0 Å². The van der Waals surface area contributed by atoms with Gasteiger partial charge in [0.05, 0.1) is 12.1 Å². The van der Waals surface area contributed by atoms with Crippen LogP contribution in [0.4, 0.5) is 5.69 Å². The number of benzene rings is 1. The van der Waals surface area contributed by atoms with Crippen molar-refractivity contribution in [3.8, 4) is 0 Å². The Morgan fingerprint density at radius 2 is 2.06 bits per heavy atom. The van der Waals surface area contributed by atoms with Gasteiger partial charge < -0.3 is 16.4 Å². The highest BCUT2D eigenvalue weighted by Crippen LogP contribution is 2.19. The van der Waals surface area contributed by atoms with Gasteiger partial charge in [0.25, 0.3) is 5.91 Å². The van der Waals surface area contributed by atoms with Gasteiger partial charge in [-0.25, -0.2) is 0 Å². The molecular formula is C10H12ClN3O2. The van der Waals surface area contributed by atoms with Gasteiger partial charge >= 0.3 is 0 Å². The van der Waals surface area contributed by atoms with Crippen LogP contribution in [0.5, 0.6) is 0 Å². The molecule has 0 heterocycles. The molecule has 6 heteroatoms. The van der Waals surface area contributed by atoms with E-state index in [-0.39, 0.29) is 18.1 Å². The van der Waals surface area contributed by atoms with Gasteiger partial charge in [-0.15, -0.1) is 0 Å². The summed E-state index contributed by atoms with van der Waals surface area (Å²) in [6.07, 6.45) is 0. The Morgan fingerprint density at radius 1 is 1.44 bits per heavy atom. The number of anilines is 1. The van der Waals surface area contributed by atoms with Crippen molar-refractivity contribution in [1.29, 1.82) is 0 Å². The standard InChI is InChI=1S/C10H12ClN3O2/c1-14(5-9(13)15)10(16)7-3-2-6(11)4-8(7)12/h2-4H,5,12H2,1H3,(H2,13,15). The molecule has 0 fully saturated rings. The molecule has 0 aromatic heterocycles. The van der Waals surface area contributed by atoms with E-state index in [1.54, 1.807) is 6.07 Å². The summed E-state index contributed by atoms with van der Waals surface area (Å²) >= 11 is 5.71. The summed E-state index contributed by atoms with van der Waals surface area (Å²) in [5, 5.41) is 0.451. The summed E-state index contributed by atoms with van der Waals surface area (Å²) in [5.74, 6) is -0.948. The normalized spacial score (nSPS) is 9.88. The van der Waals surface area contributed by atoms with E-state index in [0.29, 0.717) is 10.6 Å². The van der Waals surface area contributed by atoms with Gasteiger partial charge in [0, 0.05) is 17.8 Å². The van der Waals surface area contributed by atoms with Gasteiger partial charge in [-0.05, 0) is 18.2 Å². The summed E-state index contributed by atoms with van der Waals surface area (Å²) in [6.45, 7) is -0.152. The summed E-state index contributed by atoms with van der Waals surface area (Å²) in [7, 11) is 1.47. The molecule has 0 unspecified atom stereocenters. The molecule has 0 radical (unpaired) electrons. The number of carbonyl (C=O) groups excluding carboxylic acids is 2. The maximum absolute atomic E-state index is 11.8. The van der Waals surface area contributed by atoms with Gasteiger partial charge in [-0.3, -0.25) is 9.59 Å². The van der Waals surface area contributed by atoms with Gasteiger partial charge in [0.15, 0.2) is 0 Å². The SMILES string of the molecule is CN(CC(N)=O)C(=O)c1ccc(Cl)cc1N. The average molecular weight is 242 g/mol. The van der Waals surface area contributed by atoms with Crippen molar-refractivity contribution in [3.63, 3.8) is 0 Å². The van der Waals surface area contributed by atoms with Crippen molar-refractivity contribution < 1.29 is 9.59 Å². The third-order valence-corrected chi connectivity index (χ3v) is 2.22. The summed E-state index contributed by atoms with van der Waals surface area (Å²) in [5.41, 5.74) is 11.2. The lowest BCUT2D eigenvalue weighted by Gasteiger charge is -2.16. The smallest absolute Gasteiger partial charge is 0.256 e. The monoisotopic (exact) mass is 241 g/mol. The zero-order chi connectivity index (χ0) is 12.3. The number of nitrogen functional groups attached to an aromatic ring is 1. The molecular weight excluding hydrogens is 230 g/mol. The molecule has 2 amide bonds. The summed E-state index contributed by atoms with van der Waals surface area (Å²) in [6, 6.07) is 4.55. The minimum absolute atomic E-state index is 0.152. The van der Waals surface area contributed by atoms with Crippen molar-refractivity contribution in [3.05, 3.63) is 28.8 Å². The van der Waals surface area contributed by atoms with Crippen molar-refractivity contribution in [2.24, 2.45) is 5.73 Å². The number of hydrogen-bond acceptors (Lipinski definition) is 3. The Kier molecular flexibility index (Phi) is 3.73. The lowest BCUT2D eigenvalue weighted by Crippen LogP contribution is -2.35. The number of halogens is 1. The van der Waals surface area contributed by atoms with Gasteiger partial charge in [0.2, 0.25) is 5.91 Å². The Balaban J connectivity index is 2.92. The average Bonchev–Trinajstić information content (AvgIpc) is 2.15. The van der Waals surface area contributed by atoms with Crippen LogP contribution >= 0.6 is 11.6 Å². The lowest BCUT2D eigenvalue weighted by atomic mass is 10.1. The van der Waals surface area contributed by atoms with E-state index >= 15 is 0 Å². The third-order valence-electron chi connectivity index (χ3n) is 1.98. The van der Waals surface area contributed by atoms with Crippen molar-refractivity contribution in [2.45, 2.75) is 0 Å².